The number of halogens is 3. The zero-order chi connectivity index (χ0) is 17.0. The Bertz CT molecular complexity index is 638. The Morgan fingerprint density at radius 1 is 1.23 bits per heavy atom. The Morgan fingerprint density at radius 2 is 1.82 bits per heavy atom. The van der Waals surface area contributed by atoms with Crippen molar-refractivity contribution in [2.24, 2.45) is 0 Å². The van der Waals surface area contributed by atoms with E-state index < -0.39 is 24.0 Å². The Labute approximate surface area is 140 Å². The van der Waals surface area contributed by atoms with Crippen LogP contribution < -0.4 is 21.4 Å². The summed E-state index contributed by atoms with van der Waals surface area (Å²) in [6.07, 6.45) is -1.26. The molecule has 0 fully saturated rings. The molecule has 0 aromatic carbocycles. The molecule has 0 spiro atoms. The Morgan fingerprint density at radius 3 is 2.36 bits per heavy atom. The minimum absolute atomic E-state index is 0.0476. The summed E-state index contributed by atoms with van der Waals surface area (Å²) in [5, 5.41) is 3.77. The number of esters is 1. The van der Waals surface area contributed by atoms with Gasteiger partial charge in [-0.2, -0.15) is 4.98 Å². The van der Waals surface area contributed by atoms with Crippen LogP contribution in [0.4, 0.5) is 10.5 Å². The van der Waals surface area contributed by atoms with Gasteiger partial charge in [-0.05, 0) is 18.5 Å². The lowest BCUT2D eigenvalue weighted by Gasteiger charge is -2.11. The highest BCUT2D eigenvalue weighted by Crippen LogP contribution is 2.32. The zero-order valence-electron chi connectivity index (χ0n) is 11.4. The number of rotatable bonds is 3. The number of nitrogen functional groups attached to an aromatic ring is 1. The molecule has 1 heterocycles. The molecule has 11 heteroatoms. The number of carbonyl (C=O) groups excluding carboxylic acids is 3. The van der Waals surface area contributed by atoms with Gasteiger partial charge in [-0.1, -0.05) is 23.2 Å². The summed E-state index contributed by atoms with van der Waals surface area (Å²) in [7, 11) is 1.33. The molecule has 0 saturated carbocycles. The number of aromatic amines is 1. The van der Waals surface area contributed by atoms with Crippen LogP contribution in [0.2, 0.25) is 15.2 Å². The number of aromatic nitrogens is 1. The number of hydrogen-bond acceptors (Lipinski definition) is 5. The van der Waals surface area contributed by atoms with Crippen molar-refractivity contribution in [1.29, 1.82) is 0 Å². The van der Waals surface area contributed by atoms with E-state index >= 15 is 0 Å². The third-order valence-electron chi connectivity index (χ3n) is 2.44. The average molecular weight is 371 g/mol. The highest BCUT2D eigenvalue weighted by molar-refractivity contribution is 6.45. The molecule has 0 aliphatic carbocycles. The van der Waals surface area contributed by atoms with Crippen LogP contribution in [-0.4, -0.2) is 31.1 Å². The minimum atomic E-state index is -1.26. The number of nitrogens with two attached hydrogens (primary N) is 1. The fourth-order valence-corrected chi connectivity index (χ4v) is 1.86. The van der Waals surface area contributed by atoms with Crippen LogP contribution in [0.5, 0.6) is 0 Å². The van der Waals surface area contributed by atoms with E-state index in [0.29, 0.717) is 0 Å². The van der Waals surface area contributed by atoms with Crippen molar-refractivity contribution in [1.82, 2.24) is 10.6 Å². The maximum absolute atomic E-state index is 12.0. The van der Waals surface area contributed by atoms with Gasteiger partial charge in [0.05, 0.1) is 5.69 Å². The molecule has 120 valence electrons. The molecule has 1 aromatic heterocycles. The van der Waals surface area contributed by atoms with Crippen molar-refractivity contribution in [3.8, 4) is 0 Å². The van der Waals surface area contributed by atoms with Gasteiger partial charge in [-0.3, -0.25) is 10.1 Å². The van der Waals surface area contributed by atoms with Crippen molar-refractivity contribution < 1.29 is 24.1 Å². The predicted octanol–water partition coefficient (Wildman–Crippen LogP) is 1.04. The molecule has 0 aliphatic rings. The van der Waals surface area contributed by atoms with E-state index in [0.717, 1.165) is 0 Å². The zero-order valence-corrected chi connectivity index (χ0v) is 13.7. The van der Waals surface area contributed by atoms with E-state index in [1.165, 1.54) is 14.0 Å². The predicted molar refractivity (Wildman–Crippen MR) is 79.9 cm³/mol. The highest BCUT2D eigenvalue weighted by atomic mass is 35.5. The van der Waals surface area contributed by atoms with Crippen molar-refractivity contribution in [3.05, 3.63) is 20.9 Å². The first kappa shape index (κ1) is 18.3. The number of anilines is 1. The second-order valence-electron chi connectivity index (χ2n) is 3.97. The number of pyridine rings is 1. The topological polar surface area (TPSA) is 125 Å². The van der Waals surface area contributed by atoms with Gasteiger partial charge in [-0.15, -0.1) is 0 Å². The first-order valence-corrected chi connectivity index (χ1v) is 6.91. The molecule has 5 N–H and O–H groups in total. The van der Waals surface area contributed by atoms with E-state index in [2.05, 4.69) is 10.3 Å². The third-order valence-corrected chi connectivity index (χ3v) is 3.61. The third kappa shape index (κ3) is 4.12. The number of amides is 3. The van der Waals surface area contributed by atoms with Gasteiger partial charge in [0.1, 0.15) is 10.0 Å². The Kier molecular flexibility index (Phi) is 6.21. The maximum atomic E-state index is 12.0. The molecule has 0 radical (unpaired) electrons. The second kappa shape index (κ2) is 7.48. The van der Waals surface area contributed by atoms with Crippen LogP contribution in [0.25, 0.3) is 0 Å². The van der Waals surface area contributed by atoms with Gasteiger partial charge in [-0.25, -0.2) is 9.59 Å². The van der Waals surface area contributed by atoms with Crippen LogP contribution in [0, 0.1) is 0 Å². The Hall–Kier alpha value is -1.77. The fourth-order valence-electron chi connectivity index (χ4n) is 1.26. The monoisotopic (exact) mass is 369 g/mol. The van der Waals surface area contributed by atoms with Crippen molar-refractivity contribution in [2.45, 2.75) is 13.0 Å². The number of hydrogen-bond donors (Lipinski definition) is 3. The van der Waals surface area contributed by atoms with Crippen molar-refractivity contribution >= 4 is 58.4 Å². The summed E-state index contributed by atoms with van der Waals surface area (Å²) < 4.78 is 4.87. The second-order valence-corrected chi connectivity index (χ2v) is 5.11. The number of H-pyrrole nitrogens is 1. The maximum Gasteiger partial charge on any atom is 0.406 e. The smallest absolute Gasteiger partial charge is 0.406 e. The average Bonchev–Trinajstić information content (AvgIpc) is 2.48. The first-order valence-electron chi connectivity index (χ1n) is 5.77. The number of imide groups is 1. The number of carbonyl (C=O) groups is 3. The number of ether oxygens (including phenoxy) is 1. The highest BCUT2D eigenvalue weighted by Gasteiger charge is 2.30. The lowest BCUT2D eigenvalue weighted by Crippen LogP contribution is -2.43. The standard InChI is InChI=1S/C11H11Cl3N4O4/c1-3(9(19)18-11(21)16-2)22-10(20)7-4(12)6(15)5(13)8(14)17-7/h3H,1-2H3,(H2,15,17)(H2,16,18,19,21)/p+1/t3-/m1/s1. The van der Waals surface area contributed by atoms with Gasteiger partial charge in [0.25, 0.3) is 11.1 Å². The van der Waals surface area contributed by atoms with E-state index in [1.807, 2.05) is 5.32 Å². The molecule has 0 bridgehead atoms. The normalized spacial score (nSPS) is 11.5. The van der Waals surface area contributed by atoms with Crippen LogP contribution in [0.15, 0.2) is 0 Å². The molecule has 1 atom stereocenters. The van der Waals surface area contributed by atoms with Gasteiger partial charge in [0.15, 0.2) is 6.10 Å². The molecule has 0 unspecified atom stereocenters. The first-order chi connectivity index (χ1) is 10.2. The van der Waals surface area contributed by atoms with E-state index in [-0.39, 0.29) is 26.6 Å². The number of nitrogens with one attached hydrogen (secondary N) is 3. The molecular weight excluding hydrogens is 359 g/mol. The van der Waals surface area contributed by atoms with Gasteiger partial charge in [0.2, 0.25) is 0 Å². The van der Waals surface area contributed by atoms with Crippen LogP contribution in [0.1, 0.15) is 17.4 Å². The molecule has 0 saturated heterocycles. The summed E-state index contributed by atoms with van der Waals surface area (Å²) in [6, 6.07) is -0.740. The van der Waals surface area contributed by atoms with Crippen molar-refractivity contribution in [3.63, 3.8) is 0 Å². The van der Waals surface area contributed by atoms with Crippen LogP contribution >= 0.6 is 34.8 Å². The molecule has 3 amide bonds. The molecule has 1 aromatic rings. The van der Waals surface area contributed by atoms with Gasteiger partial charge < -0.3 is 15.8 Å². The largest absolute Gasteiger partial charge is 0.445 e. The lowest BCUT2D eigenvalue weighted by atomic mass is 10.3. The fraction of sp³-hybridized carbons (Fsp3) is 0.273. The van der Waals surface area contributed by atoms with Gasteiger partial charge >= 0.3 is 17.7 Å². The summed E-state index contributed by atoms with van der Waals surface area (Å²) >= 11 is 17.4. The molecule has 22 heavy (non-hydrogen) atoms. The summed E-state index contributed by atoms with van der Waals surface area (Å²) in [5.74, 6) is -1.81. The molecular formula is C11H12Cl3N4O4+. The molecule has 1 rings (SSSR count). The summed E-state index contributed by atoms with van der Waals surface area (Å²) in [4.78, 5) is 37.0. The lowest BCUT2D eigenvalue weighted by molar-refractivity contribution is -0.380. The minimum Gasteiger partial charge on any atom is -0.445 e. The van der Waals surface area contributed by atoms with E-state index in [4.69, 9.17) is 45.3 Å². The van der Waals surface area contributed by atoms with Crippen molar-refractivity contribution in [2.75, 3.05) is 12.8 Å². The van der Waals surface area contributed by atoms with Gasteiger partial charge in [0, 0.05) is 7.05 Å². The summed E-state index contributed by atoms with van der Waals surface area (Å²) in [6.45, 7) is 1.27. The molecule has 8 nitrogen and oxygen atoms in total. The van der Waals surface area contributed by atoms with E-state index in [9.17, 15) is 14.4 Å². The quantitative estimate of drug-likeness (QED) is 0.541. The van der Waals surface area contributed by atoms with E-state index in [1.54, 1.807) is 0 Å². The van der Waals surface area contributed by atoms with Crippen LogP contribution in [0.3, 0.4) is 0 Å². The summed E-state index contributed by atoms with van der Waals surface area (Å²) in [5.41, 5.74) is 5.21. The molecule has 0 aliphatic heterocycles. The number of urea groups is 1. The Balaban J connectivity index is 2.90. The van der Waals surface area contributed by atoms with Crippen LogP contribution in [-0.2, 0) is 9.53 Å². The SMILES string of the molecule is CNC(=O)NC(=O)[C@@H](C)OC(=O)c1[nH+]c(Cl)c(Cl)c(N)c1Cl.